The van der Waals surface area contributed by atoms with Crippen LogP contribution >= 0.6 is 11.6 Å². The Hall–Kier alpha value is -1.94. The van der Waals surface area contributed by atoms with Gasteiger partial charge in [0.05, 0.1) is 23.4 Å². The van der Waals surface area contributed by atoms with E-state index in [4.69, 9.17) is 21.4 Å². The van der Waals surface area contributed by atoms with E-state index in [0.29, 0.717) is 16.5 Å². The van der Waals surface area contributed by atoms with E-state index in [1.54, 1.807) is 25.1 Å². The molecule has 0 atom stereocenters. The van der Waals surface area contributed by atoms with Crippen molar-refractivity contribution >= 4 is 17.6 Å². The fourth-order valence-corrected chi connectivity index (χ4v) is 2.47. The molecule has 1 aromatic heterocycles. The van der Waals surface area contributed by atoms with Crippen molar-refractivity contribution in [2.24, 2.45) is 0 Å². The molecule has 0 radical (unpaired) electrons. The number of carbonyl (C=O) groups is 1. The highest BCUT2D eigenvalue weighted by molar-refractivity contribution is 6.32. The Labute approximate surface area is 116 Å². The minimum absolute atomic E-state index is 0.277. The van der Waals surface area contributed by atoms with Crippen LogP contribution in [-0.2, 0) is 0 Å². The van der Waals surface area contributed by atoms with Gasteiger partial charge in [-0.15, -0.1) is 0 Å². The maximum absolute atomic E-state index is 11.2. The summed E-state index contributed by atoms with van der Waals surface area (Å²) in [4.78, 5) is 11.2. The third-order valence-corrected chi connectivity index (χ3v) is 3.35. The second-order valence-electron chi connectivity index (χ2n) is 4.22. The Morgan fingerprint density at radius 1 is 1.37 bits per heavy atom. The number of aromatic nitrogens is 1. The first-order chi connectivity index (χ1) is 8.97. The number of rotatable bonds is 3. The zero-order valence-electron chi connectivity index (χ0n) is 10.9. The van der Waals surface area contributed by atoms with Crippen molar-refractivity contribution in [3.63, 3.8) is 0 Å². The van der Waals surface area contributed by atoms with Gasteiger partial charge in [0.2, 0.25) is 0 Å². The van der Waals surface area contributed by atoms with Gasteiger partial charge in [-0.05, 0) is 32.0 Å². The highest BCUT2D eigenvalue weighted by Gasteiger charge is 2.18. The van der Waals surface area contributed by atoms with E-state index in [0.717, 1.165) is 11.4 Å². The van der Waals surface area contributed by atoms with E-state index < -0.39 is 5.97 Å². The Bertz CT molecular complexity index is 646. The van der Waals surface area contributed by atoms with Crippen LogP contribution in [0.2, 0.25) is 5.02 Å². The van der Waals surface area contributed by atoms with Gasteiger partial charge in [-0.2, -0.15) is 0 Å². The van der Waals surface area contributed by atoms with Crippen LogP contribution in [0, 0.1) is 13.8 Å². The van der Waals surface area contributed by atoms with E-state index in [1.165, 1.54) is 7.11 Å². The molecule has 0 bridgehead atoms. The van der Waals surface area contributed by atoms with Crippen molar-refractivity contribution < 1.29 is 14.6 Å². The number of methoxy groups -OCH3 is 1. The molecule has 0 saturated carbocycles. The van der Waals surface area contributed by atoms with Gasteiger partial charge >= 0.3 is 5.97 Å². The molecule has 2 aromatic rings. The van der Waals surface area contributed by atoms with Gasteiger partial charge in [-0.3, -0.25) is 0 Å². The SMILES string of the molecule is COc1c(Cl)cccc1-n1c(C)cc(C(=O)O)c1C. The molecule has 5 heteroatoms. The maximum atomic E-state index is 11.2. The van der Waals surface area contributed by atoms with Crippen LogP contribution in [0.1, 0.15) is 21.7 Å². The number of para-hydroxylation sites is 1. The van der Waals surface area contributed by atoms with Crippen LogP contribution in [0.5, 0.6) is 5.75 Å². The number of carboxylic acid groups (broad SMARTS) is 1. The predicted octanol–water partition coefficient (Wildman–Crippen LogP) is 3.45. The number of aromatic carboxylic acids is 1. The summed E-state index contributed by atoms with van der Waals surface area (Å²) in [5.41, 5.74) is 2.47. The van der Waals surface area contributed by atoms with Crippen molar-refractivity contribution in [3.05, 3.63) is 46.2 Å². The zero-order chi connectivity index (χ0) is 14.2. The summed E-state index contributed by atoms with van der Waals surface area (Å²) in [6, 6.07) is 7.02. The van der Waals surface area contributed by atoms with Crippen LogP contribution in [0.15, 0.2) is 24.3 Å². The highest BCUT2D eigenvalue weighted by Crippen LogP contribution is 2.33. The lowest BCUT2D eigenvalue weighted by atomic mass is 10.2. The minimum Gasteiger partial charge on any atom is -0.493 e. The molecule has 1 heterocycles. The van der Waals surface area contributed by atoms with Crippen molar-refractivity contribution in [3.8, 4) is 11.4 Å². The molecule has 0 unspecified atom stereocenters. The van der Waals surface area contributed by atoms with Crippen LogP contribution < -0.4 is 4.74 Å². The first-order valence-corrected chi connectivity index (χ1v) is 6.10. The molecule has 19 heavy (non-hydrogen) atoms. The number of nitrogens with zero attached hydrogens (tertiary/aromatic N) is 1. The molecule has 100 valence electrons. The fraction of sp³-hybridized carbons (Fsp3) is 0.214. The second kappa shape index (κ2) is 4.97. The molecule has 0 aliphatic carbocycles. The van der Waals surface area contributed by atoms with E-state index in [1.807, 2.05) is 17.6 Å². The summed E-state index contributed by atoms with van der Waals surface area (Å²) in [6.45, 7) is 3.61. The van der Waals surface area contributed by atoms with Gasteiger partial charge in [0.1, 0.15) is 0 Å². The summed E-state index contributed by atoms with van der Waals surface area (Å²) in [5.74, 6) is -0.414. The van der Waals surface area contributed by atoms with Crippen molar-refractivity contribution in [1.29, 1.82) is 0 Å². The van der Waals surface area contributed by atoms with Crippen LogP contribution in [-0.4, -0.2) is 22.8 Å². The quantitative estimate of drug-likeness (QED) is 0.936. The minimum atomic E-state index is -0.944. The van der Waals surface area contributed by atoms with Gasteiger partial charge in [0.15, 0.2) is 5.75 Å². The molecule has 0 aliphatic heterocycles. The first kappa shape index (κ1) is 13.5. The van der Waals surface area contributed by atoms with Gasteiger partial charge in [0, 0.05) is 11.4 Å². The number of aryl methyl sites for hydroxylation is 1. The molecule has 0 amide bonds. The first-order valence-electron chi connectivity index (χ1n) is 5.72. The summed E-state index contributed by atoms with van der Waals surface area (Å²) < 4.78 is 7.14. The largest absolute Gasteiger partial charge is 0.493 e. The van der Waals surface area contributed by atoms with E-state index in [2.05, 4.69) is 0 Å². The molecule has 1 N–H and O–H groups in total. The topological polar surface area (TPSA) is 51.5 Å². The van der Waals surface area contributed by atoms with Crippen LogP contribution in [0.3, 0.4) is 0 Å². The molecule has 0 saturated heterocycles. The summed E-state index contributed by atoms with van der Waals surface area (Å²) in [6.07, 6.45) is 0. The molecular formula is C14H14ClNO3. The van der Waals surface area contributed by atoms with E-state index in [-0.39, 0.29) is 5.56 Å². The lowest BCUT2D eigenvalue weighted by molar-refractivity contribution is 0.0696. The molecule has 0 spiro atoms. The molecule has 1 aromatic carbocycles. The molecule has 0 fully saturated rings. The average molecular weight is 280 g/mol. The highest BCUT2D eigenvalue weighted by atomic mass is 35.5. The van der Waals surface area contributed by atoms with Gasteiger partial charge < -0.3 is 14.4 Å². The summed E-state index contributed by atoms with van der Waals surface area (Å²) >= 11 is 6.10. The molecule has 0 aliphatic rings. The van der Waals surface area contributed by atoms with Crippen molar-refractivity contribution in [2.45, 2.75) is 13.8 Å². The summed E-state index contributed by atoms with van der Waals surface area (Å²) in [7, 11) is 1.54. The third kappa shape index (κ3) is 2.19. The smallest absolute Gasteiger partial charge is 0.337 e. The maximum Gasteiger partial charge on any atom is 0.337 e. The number of halogens is 1. The Kier molecular flexibility index (Phi) is 3.53. The Morgan fingerprint density at radius 3 is 2.58 bits per heavy atom. The van der Waals surface area contributed by atoms with Gasteiger partial charge in [-0.1, -0.05) is 17.7 Å². The summed E-state index contributed by atoms with van der Waals surface area (Å²) in [5, 5.41) is 9.65. The number of benzene rings is 1. The number of hydrogen-bond donors (Lipinski definition) is 1. The Balaban J connectivity index is 2.73. The molecule has 2 rings (SSSR count). The van der Waals surface area contributed by atoms with E-state index in [9.17, 15) is 4.79 Å². The lowest BCUT2D eigenvalue weighted by Crippen LogP contribution is -2.04. The fourth-order valence-electron chi connectivity index (χ4n) is 2.23. The standard InChI is InChI=1S/C14H14ClNO3/c1-8-7-10(14(17)18)9(2)16(8)12-6-4-5-11(15)13(12)19-3/h4-7H,1-3H3,(H,17,18). The Morgan fingerprint density at radius 2 is 2.05 bits per heavy atom. The average Bonchev–Trinajstić information content (AvgIpc) is 2.64. The van der Waals surface area contributed by atoms with Gasteiger partial charge in [0.25, 0.3) is 0 Å². The van der Waals surface area contributed by atoms with E-state index >= 15 is 0 Å². The number of hydrogen-bond acceptors (Lipinski definition) is 2. The predicted molar refractivity (Wildman–Crippen MR) is 73.8 cm³/mol. The monoisotopic (exact) mass is 279 g/mol. The van der Waals surface area contributed by atoms with Gasteiger partial charge in [-0.25, -0.2) is 4.79 Å². The molecule has 4 nitrogen and oxygen atoms in total. The zero-order valence-corrected chi connectivity index (χ0v) is 11.7. The van der Waals surface area contributed by atoms with Crippen LogP contribution in [0.25, 0.3) is 5.69 Å². The normalized spacial score (nSPS) is 10.5. The molecular weight excluding hydrogens is 266 g/mol. The van der Waals surface area contributed by atoms with Crippen molar-refractivity contribution in [2.75, 3.05) is 7.11 Å². The van der Waals surface area contributed by atoms with Crippen molar-refractivity contribution in [1.82, 2.24) is 4.57 Å². The second-order valence-corrected chi connectivity index (χ2v) is 4.62. The lowest BCUT2D eigenvalue weighted by Gasteiger charge is -2.14. The number of carboxylic acids is 1. The third-order valence-electron chi connectivity index (χ3n) is 3.05. The van der Waals surface area contributed by atoms with Crippen LogP contribution in [0.4, 0.5) is 0 Å². The number of ether oxygens (including phenoxy) is 1.